The standard InChI is InChI=1S/C19H25N5O2/c1-2-24-16-15(8-5-9-20-16)21-17(19(24)26)22-10-12-23(13-11-22)18(25)14-6-3-4-7-14/h5,8-9,14H,2-4,6-7,10-13H2,1H3. The molecule has 7 heteroatoms. The van der Waals surface area contributed by atoms with E-state index < -0.39 is 0 Å². The first-order valence-corrected chi connectivity index (χ1v) is 9.58. The summed E-state index contributed by atoms with van der Waals surface area (Å²) in [5.41, 5.74) is 1.25. The van der Waals surface area contributed by atoms with Crippen molar-refractivity contribution in [1.29, 1.82) is 0 Å². The molecule has 2 fully saturated rings. The minimum atomic E-state index is -0.103. The van der Waals surface area contributed by atoms with Gasteiger partial charge < -0.3 is 9.80 Å². The van der Waals surface area contributed by atoms with Crippen molar-refractivity contribution in [2.75, 3.05) is 31.1 Å². The van der Waals surface area contributed by atoms with Gasteiger partial charge in [0, 0.05) is 44.8 Å². The van der Waals surface area contributed by atoms with E-state index in [1.54, 1.807) is 10.8 Å². The Kier molecular flexibility index (Phi) is 4.61. The van der Waals surface area contributed by atoms with E-state index in [1.165, 1.54) is 12.8 Å². The first-order chi connectivity index (χ1) is 12.7. The third kappa shape index (κ3) is 2.95. The second-order valence-electron chi connectivity index (χ2n) is 7.12. The average molecular weight is 355 g/mol. The fourth-order valence-electron chi connectivity index (χ4n) is 4.13. The summed E-state index contributed by atoms with van der Waals surface area (Å²) < 4.78 is 1.67. The summed E-state index contributed by atoms with van der Waals surface area (Å²) in [4.78, 5) is 38.3. The minimum Gasteiger partial charge on any atom is -0.348 e. The maximum Gasteiger partial charge on any atom is 0.295 e. The number of rotatable bonds is 3. The van der Waals surface area contributed by atoms with Gasteiger partial charge in [0.25, 0.3) is 5.56 Å². The lowest BCUT2D eigenvalue weighted by molar-refractivity contribution is -0.135. The Labute approximate surface area is 152 Å². The molecule has 1 saturated carbocycles. The van der Waals surface area contributed by atoms with Crippen LogP contribution in [0.15, 0.2) is 23.1 Å². The van der Waals surface area contributed by atoms with E-state index in [1.807, 2.05) is 28.9 Å². The van der Waals surface area contributed by atoms with Crippen LogP contribution in [0, 0.1) is 5.92 Å². The first-order valence-electron chi connectivity index (χ1n) is 9.58. The number of aryl methyl sites for hydroxylation is 1. The second kappa shape index (κ2) is 7.05. The fourth-order valence-corrected chi connectivity index (χ4v) is 4.13. The minimum absolute atomic E-state index is 0.103. The fraction of sp³-hybridized carbons (Fsp3) is 0.579. The predicted molar refractivity (Wildman–Crippen MR) is 100 cm³/mol. The molecule has 7 nitrogen and oxygen atoms in total. The summed E-state index contributed by atoms with van der Waals surface area (Å²) in [6.07, 6.45) is 6.08. The maximum absolute atomic E-state index is 12.9. The molecule has 1 saturated heterocycles. The molecule has 1 aliphatic carbocycles. The predicted octanol–water partition coefficient (Wildman–Crippen LogP) is 1.65. The van der Waals surface area contributed by atoms with Crippen molar-refractivity contribution < 1.29 is 4.79 Å². The van der Waals surface area contributed by atoms with E-state index in [2.05, 4.69) is 9.97 Å². The van der Waals surface area contributed by atoms with Crippen molar-refractivity contribution in [3.63, 3.8) is 0 Å². The Morgan fingerprint density at radius 1 is 1.19 bits per heavy atom. The van der Waals surface area contributed by atoms with Gasteiger partial charge in [0.15, 0.2) is 11.5 Å². The number of nitrogens with zero attached hydrogens (tertiary/aromatic N) is 5. The maximum atomic E-state index is 12.9. The summed E-state index contributed by atoms with van der Waals surface area (Å²) in [6, 6.07) is 3.72. The molecule has 0 N–H and O–H groups in total. The Morgan fingerprint density at radius 2 is 1.92 bits per heavy atom. The normalized spacial score (nSPS) is 18.7. The number of carbonyl (C=O) groups is 1. The van der Waals surface area contributed by atoms with Gasteiger partial charge in [-0.1, -0.05) is 12.8 Å². The summed E-state index contributed by atoms with van der Waals surface area (Å²) in [6.45, 7) is 5.12. The molecule has 138 valence electrons. The van der Waals surface area contributed by atoms with Gasteiger partial charge in [-0.2, -0.15) is 0 Å². The first kappa shape index (κ1) is 17.0. The van der Waals surface area contributed by atoms with Crippen LogP contribution in [0.4, 0.5) is 5.82 Å². The molecule has 0 aromatic carbocycles. The van der Waals surface area contributed by atoms with Crippen molar-refractivity contribution in [3.8, 4) is 0 Å². The quantitative estimate of drug-likeness (QED) is 0.837. The Bertz CT molecular complexity index is 864. The number of fused-ring (bicyclic) bond motifs is 1. The monoisotopic (exact) mass is 355 g/mol. The topological polar surface area (TPSA) is 71.3 Å². The number of amides is 1. The number of hydrogen-bond acceptors (Lipinski definition) is 5. The Hall–Kier alpha value is -2.44. The summed E-state index contributed by atoms with van der Waals surface area (Å²) in [5.74, 6) is 0.979. The van der Waals surface area contributed by atoms with E-state index in [0.717, 1.165) is 18.4 Å². The van der Waals surface area contributed by atoms with Crippen LogP contribution >= 0.6 is 0 Å². The van der Waals surface area contributed by atoms with Gasteiger partial charge in [-0.25, -0.2) is 9.97 Å². The van der Waals surface area contributed by atoms with Crippen LogP contribution in [0.3, 0.4) is 0 Å². The number of pyridine rings is 1. The van der Waals surface area contributed by atoms with Crippen LogP contribution in [-0.2, 0) is 11.3 Å². The van der Waals surface area contributed by atoms with Crippen molar-refractivity contribution >= 4 is 22.9 Å². The number of aromatic nitrogens is 3. The zero-order valence-corrected chi connectivity index (χ0v) is 15.2. The SMILES string of the molecule is CCn1c(=O)c(N2CCN(C(=O)C3CCCC3)CC2)nc2cccnc21. The molecule has 0 bridgehead atoms. The second-order valence-corrected chi connectivity index (χ2v) is 7.12. The van der Waals surface area contributed by atoms with Crippen LogP contribution in [0.1, 0.15) is 32.6 Å². The van der Waals surface area contributed by atoms with Crippen LogP contribution < -0.4 is 10.5 Å². The summed E-state index contributed by atoms with van der Waals surface area (Å²) in [5, 5.41) is 0. The lowest BCUT2D eigenvalue weighted by Crippen LogP contribution is -2.51. The van der Waals surface area contributed by atoms with Gasteiger partial charge in [-0.05, 0) is 31.9 Å². The van der Waals surface area contributed by atoms with Gasteiger partial charge in [0.2, 0.25) is 5.91 Å². The molecule has 3 heterocycles. The summed E-state index contributed by atoms with van der Waals surface area (Å²) in [7, 11) is 0. The zero-order chi connectivity index (χ0) is 18.1. The highest BCUT2D eigenvalue weighted by molar-refractivity contribution is 5.79. The molecular formula is C19H25N5O2. The van der Waals surface area contributed by atoms with Gasteiger partial charge in [0.05, 0.1) is 0 Å². The lowest BCUT2D eigenvalue weighted by atomic mass is 10.1. The van der Waals surface area contributed by atoms with Gasteiger partial charge >= 0.3 is 0 Å². The van der Waals surface area contributed by atoms with Crippen molar-refractivity contribution in [2.45, 2.75) is 39.2 Å². The molecule has 1 amide bonds. The molecule has 26 heavy (non-hydrogen) atoms. The number of hydrogen-bond donors (Lipinski definition) is 0. The van der Waals surface area contributed by atoms with Gasteiger partial charge in [-0.15, -0.1) is 0 Å². The average Bonchev–Trinajstić information content (AvgIpc) is 3.22. The highest BCUT2D eigenvalue weighted by Gasteiger charge is 2.30. The number of piperazine rings is 1. The van der Waals surface area contributed by atoms with Gasteiger partial charge in [-0.3, -0.25) is 14.2 Å². The molecule has 0 spiro atoms. The van der Waals surface area contributed by atoms with E-state index in [4.69, 9.17) is 0 Å². The van der Waals surface area contributed by atoms with Crippen molar-refractivity contribution in [1.82, 2.24) is 19.4 Å². The Balaban J connectivity index is 1.55. The van der Waals surface area contributed by atoms with Crippen LogP contribution in [-0.4, -0.2) is 51.5 Å². The number of carbonyl (C=O) groups excluding carboxylic acids is 1. The molecule has 0 unspecified atom stereocenters. The third-order valence-electron chi connectivity index (χ3n) is 5.60. The van der Waals surface area contributed by atoms with E-state index in [-0.39, 0.29) is 11.5 Å². The van der Waals surface area contributed by atoms with E-state index >= 15 is 0 Å². The third-order valence-corrected chi connectivity index (χ3v) is 5.60. The van der Waals surface area contributed by atoms with Crippen LogP contribution in [0.5, 0.6) is 0 Å². The largest absolute Gasteiger partial charge is 0.348 e. The Morgan fingerprint density at radius 3 is 2.62 bits per heavy atom. The molecular weight excluding hydrogens is 330 g/mol. The zero-order valence-electron chi connectivity index (χ0n) is 15.2. The number of anilines is 1. The molecule has 4 rings (SSSR count). The van der Waals surface area contributed by atoms with E-state index in [9.17, 15) is 9.59 Å². The molecule has 2 aromatic rings. The molecule has 1 aliphatic heterocycles. The summed E-state index contributed by atoms with van der Waals surface area (Å²) >= 11 is 0. The smallest absolute Gasteiger partial charge is 0.295 e. The highest BCUT2D eigenvalue weighted by atomic mass is 16.2. The molecule has 2 aromatic heterocycles. The molecule has 0 radical (unpaired) electrons. The lowest BCUT2D eigenvalue weighted by Gasteiger charge is -2.36. The van der Waals surface area contributed by atoms with Crippen LogP contribution in [0.2, 0.25) is 0 Å². The van der Waals surface area contributed by atoms with E-state index in [0.29, 0.717) is 50.1 Å². The van der Waals surface area contributed by atoms with Gasteiger partial charge in [0.1, 0.15) is 5.52 Å². The van der Waals surface area contributed by atoms with Crippen molar-refractivity contribution in [2.24, 2.45) is 5.92 Å². The van der Waals surface area contributed by atoms with Crippen molar-refractivity contribution in [3.05, 3.63) is 28.7 Å². The molecule has 2 aliphatic rings. The molecule has 0 atom stereocenters. The highest BCUT2D eigenvalue weighted by Crippen LogP contribution is 2.27. The van der Waals surface area contributed by atoms with Crippen LogP contribution in [0.25, 0.3) is 11.2 Å².